The van der Waals surface area contributed by atoms with Gasteiger partial charge in [0.2, 0.25) is 11.8 Å². The van der Waals surface area contributed by atoms with Crippen LogP contribution < -0.4 is 9.80 Å². The van der Waals surface area contributed by atoms with Gasteiger partial charge in [0.05, 0.1) is 0 Å². The van der Waals surface area contributed by atoms with Crippen LogP contribution in [0.15, 0.2) is 48.5 Å². The molecule has 142 valence electrons. The van der Waals surface area contributed by atoms with E-state index in [0.717, 1.165) is 24.3 Å². The second-order valence-corrected chi connectivity index (χ2v) is 7.10. The Hall–Kier alpha value is -2.82. The number of anilines is 2. The van der Waals surface area contributed by atoms with E-state index in [1.165, 1.54) is 18.2 Å². The highest BCUT2D eigenvalue weighted by atomic mass is 16.2. The number of benzene rings is 2. The number of hydrogen-bond donors (Lipinski definition) is 0. The summed E-state index contributed by atoms with van der Waals surface area (Å²) in [5.41, 5.74) is 4.23. The molecular weight excluding hydrogens is 338 g/mol. The first kappa shape index (κ1) is 19.0. The topological polar surface area (TPSA) is 43.9 Å². The first-order chi connectivity index (χ1) is 13.0. The van der Waals surface area contributed by atoms with Gasteiger partial charge >= 0.3 is 0 Å². The fourth-order valence-corrected chi connectivity index (χ4v) is 3.51. The predicted octanol–water partition coefficient (Wildman–Crippen LogP) is 3.01. The van der Waals surface area contributed by atoms with Gasteiger partial charge in [-0.3, -0.25) is 9.59 Å². The molecule has 5 heteroatoms. The summed E-state index contributed by atoms with van der Waals surface area (Å²) in [6.45, 7) is 8.60. The molecule has 0 aromatic heterocycles. The monoisotopic (exact) mass is 365 g/mol. The second kappa shape index (κ2) is 8.25. The van der Waals surface area contributed by atoms with Gasteiger partial charge in [0.25, 0.3) is 0 Å². The molecule has 0 unspecified atom stereocenters. The van der Waals surface area contributed by atoms with Crippen LogP contribution in [0.2, 0.25) is 0 Å². The SMILES string of the molecule is CC(=O)N(CC(=O)N1CCN(c2cccc(C)c2)CC1)c1ccccc1C. The molecule has 0 atom stereocenters. The minimum atomic E-state index is -0.115. The van der Waals surface area contributed by atoms with E-state index in [1.807, 2.05) is 36.1 Å². The number of piperazine rings is 1. The van der Waals surface area contributed by atoms with Gasteiger partial charge < -0.3 is 14.7 Å². The first-order valence-corrected chi connectivity index (χ1v) is 9.39. The lowest BCUT2D eigenvalue weighted by atomic mass is 10.1. The van der Waals surface area contributed by atoms with Crippen molar-refractivity contribution in [1.29, 1.82) is 0 Å². The maximum absolute atomic E-state index is 12.8. The summed E-state index contributed by atoms with van der Waals surface area (Å²) in [7, 11) is 0. The average molecular weight is 365 g/mol. The van der Waals surface area contributed by atoms with Gasteiger partial charge in [-0.25, -0.2) is 0 Å². The van der Waals surface area contributed by atoms with Gasteiger partial charge in [-0.1, -0.05) is 30.3 Å². The number of aryl methyl sites for hydroxylation is 2. The molecule has 0 spiro atoms. The van der Waals surface area contributed by atoms with Crippen molar-refractivity contribution in [3.63, 3.8) is 0 Å². The lowest BCUT2D eigenvalue weighted by molar-refractivity contribution is -0.131. The number of carbonyl (C=O) groups excluding carboxylic acids is 2. The summed E-state index contributed by atoms with van der Waals surface area (Å²) in [6.07, 6.45) is 0. The normalized spacial score (nSPS) is 14.2. The summed E-state index contributed by atoms with van der Waals surface area (Å²) in [4.78, 5) is 30.7. The van der Waals surface area contributed by atoms with Crippen molar-refractivity contribution in [2.24, 2.45) is 0 Å². The standard InChI is InChI=1S/C22H27N3O2/c1-17-7-6-9-20(15-17)23-11-13-24(14-12-23)22(27)16-25(19(3)26)21-10-5-4-8-18(21)2/h4-10,15H,11-14,16H2,1-3H3. The molecule has 5 nitrogen and oxygen atoms in total. The second-order valence-electron chi connectivity index (χ2n) is 7.10. The van der Waals surface area contributed by atoms with E-state index in [1.54, 1.807) is 4.90 Å². The summed E-state index contributed by atoms with van der Waals surface area (Å²) in [6, 6.07) is 16.1. The van der Waals surface area contributed by atoms with Gasteiger partial charge in [0, 0.05) is 44.5 Å². The Morgan fingerprint density at radius 3 is 2.30 bits per heavy atom. The zero-order valence-electron chi connectivity index (χ0n) is 16.3. The van der Waals surface area contributed by atoms with E-state index in [0.29, 0.717) is 13.1 Å². The molecule has 0 bridgehead atoms. The molecule has 0 N–H and O–H groups in total. The molecule has 1 fully saturated rings. The van der Waals surface area contributed by atoms with Crippen molar-refractivity contribution in [3.05, 3.63) is 59.7 Å². The van der Waals surface area contributed by atoms with E-state index < -0.39 is 0 Å². The molecule has 2 aromatic carbocycles. The molecule has 0 aliphatic carbocycles. The van der Waals surface area contributed by atoms with Crippen molar-refractivity contribution in [1.82, 2.24) is 4.90 Å². The zero-order chi connectivity index (χ0) is 19.4. The molecular formula is C22H27N3O2. The van der Waals surface area contributed by atoms with Gasteiger partial charge in [-0.15, -0.1) is 0 Å². The minimum Gasteiger partial charge on any atom is -0.368 e. The van der Waals surface area contributed by atoms with Crippen LogP contribution in [0.1, 0.15) is 18.1 Å². The summed E-state index contributed by atoms with van der Waals surface area (Å²) in [5.74, 6) is -0.117. The third kappa shape index (κ3) is 4.48. The number of rotatable bonds is 4. The van der Waals surface area contributed by atoms with E-state index in [-0.39, 0.29) is 18.4 Å². The maximum Gasteiger partial charge on any atom is 0.242 e. The van der Waals surface area contributed by atoms with Crippen LogP contribution in [-0.2, 0) is 9.59 Å². The Bertz CT molecular complexity index is 826. The molecule has 1 aliphatic heterocycles. The highest BCUT2D eigenvalue weighted by Gasteiger charge is 2.25. The van der Waals surface area contributed by atoms with Gasteiger partial charge in [-0.05, 0) is 43.2 Å². The Kier molecular flexibility index (Phi) is 5.79. The molecule has 27 heavy (non-hydrogen) atoms. The van der Waals surface area contributed by atoms with Crippen molar-refractivity contribution >= 4 is 23.2 Å². The lowest BCUT2D eigenvalue weighted by Crippen LogP contribution is -2.52. The Balaban J connectivity index is 1.63. The Labute approximate surface area is 161 Å². The first-order valence-electron chi connectivity index (χ1n) is 9.39. The molecule has 2 amide bonds. The van der Waals surface area contributed by atoms with E-state index in [9.17, 15) is 9.59 Å². The lowest BCUT2D eigenvalue weighted by Gasteiger charge is -2.37. The number of nitrogens with zero attached hydrogens (tertiary/aromatic N) is 3. The van der Waals surface area contributed by atoms with Gasteiger partial charge in [-0.2, -0.15) is 0 Å². The molecule has 2 aromatic rings. The van der Waals surface area contributed by atoms with Crippen LogP contribution in [0, 0.1) is 13.8 Å². The number of amides is 2. The minimum absolute atomic E-state index is 0.00246. The summed E-state index contributed by atoms with van der Waals surface area (Å²) < 4.78 is 0. The number of hydrogen-bond acceptors (Lipinski definition) is 3. The smallest absolute Gasteiger partial charge is 0.242 e. The van der Waals surface area contributed by atoms with Crippen molar-refractivity contribution in [2.75, 3.05) is 42.5 Å². The Morgan fingerprint density at radius 2 is 1.67 bits per heavy atom. The summed E-state index contributed by atoms with van der Waals surface area (Å²) in [5, 5.41) is 0. The van der Waals surface area contributed by atoms with Crippen LogP contribution in [-0.4, -0.2) is 49.4 Å². The molecule has 1 saturated heterocycles. The van der Waals surface area contributed by atoms with Gasteiger partial charge in [0.1, 0.15) is 6.54 Å². The quantitative estimate of drug-likeness (QED) is 0.837. The summed E-state index contributed by atoms with van der Waals surface area (Å²) >= 11 is 0. The number of carbonyl (C=O) groups is 2. The average Bonchev–Trinajstić information content (AvgIpc) is 2.66. The zero-order valence-corrected chi connectivity index (χ0v) is 16.3. The maximum atomic E-state index is 12.8. The fraction of sp³-hybridized carbons (Fsp3) is 0.364. The molecule has 3 rings (SSSR count). The van der Waals surface area contributed by atoms with Crippen LogP contribution in [0.4, 0.5) is 11.4 Å². The van der Waals surface area contributed by atoms with E-state index >= 15 is 0 Å². The molecule has 0 saturated carbocycles. The number of para-hydroxylation sites is 1. The van der Waals surface area contributed by atoms with Crippen molar-refractivity contribution in [3.8, 4) is 0 Å². The third-order valence-corrected chi connectivity index (χ3v) is 5.08. The highest BCUT2D eigenvalue weighted by molar-refractivity contribution is 5.98. The van der Waals surface area contributed by atoms with Gasteiger partial charge in [0.15, 0.2) is 0 Å². The van der Waals surface area contributed by atoms with Crippen molar-refractivity contribution in [2.45, 2.75) is 20.8 Å². The van der Waals surface area contributed by atoms with E-state index in [4.69, 9.17) is 0 Å². The van der Waals surface area contributed by atoms with Crippen LogP contribution >= 0.6 is 0 Å². The van der Waals surface area contributed by atoms with Crippen LogP contribution in [0.25, 0.3) is 0 Å². The van der Waals surface area contributed by atoms with Crippen molar-refractivity contribution < 1.29 is 9.59 Å². The predicted molar refractivity (Wildman–Crippen MR) is 109 cm³/mol. The van der Waals surface area contributed by atoms with E-state index in [2.05, 4.69) is 36.1 Å². The third-order valence-electron chi connectivity index (χ3n) is 5.08. The molecule has 1 heterocycles. The Morgan fingerprint density at radius 1 is 0.963 bits per heavy atom. The van der Waals surface area contributed by atoms with Crippen LogP contribution in [0.3, 0.4) is 0 Å². The molecule has 0 radical (unpaired) electrons. The van der Waals surface area contributed by atoms with Crippen LogP contribution in [0.5, 0.6) is 0 Å². The molecule has 1 aliphatic rings. The highest BCUT2D eigenvalue weighted by Crippen LogP contribution is 2.21. The fourth-order valence-electron chi connectivity index (χ4n) is 3.51. The largest absolute Gasteiger partial charge is 0.368 e.